The van der Waals surface area contributed by atoms with Crippen molar-refractivity contribution in [1.82, 2.24) is 10.7 Å². The molecule has 0 atom stereocenters. The topological polar surface area (TPSA) is 56.7 Å². The summed E-state index contributed by atoms with van der Waals surface area (Å²) in [7, 11) is 0. The zero-order chi connectivity index (χ0) is 18.3. The number of alkyl halides is 3. The van der Waals surface area contributed by atoms with Gasteiger partial charge in [-0.05, 0) is 37.5 Å². The van der Waals surface area contributed by atoms with E-state index < -0.39 is 18.8 Å². The molecule has 5 nitrogen and oxygen atoms in total. The van der Waals surface area contributed by atoms with Gasteiger partial charge in [-0.2, -0.15) is 18.3 Å². The quantitative estimate of drug-likeness (QED) is 0.639. The van der Waals surface area contributed by atoms with Crippen LogP contribution in [0.25, 0.3) is 0 Å². The molecule has 2 amide bonds. The van der Waals surface area contributed by atoms with Crippen molar-refractivity contribution in [3.63, 3.8) is 0 Å². The number of rotatable bonds is 4. The highest BCUT2D eigenvalue weighted by molar-refractivity contribution is 5.99. The average Bonchev–Trinajstić information content (AvgIpc) is 2.86. The highest BCUT2D eigenvalue weighted by Crippen LogP contribution is 2.20. The number of benzene rings is 1. The van der Waals surface area contributed by atoms with Crippen LogP contribution < -0.4 is 15.6 Å². The smallest absolute Gasteiger partial charge is 0.372 e. The van der Waals surface area contributed by atoms with Crippen LogP contribution in [0.1, 0.15) is 38.2 Å². The van der Waals surface area contributed by atoms with Crippen LogP contribution in [0.15, 0.2) is 29.4 Å². The van der Waals surface area contributed by atoms with E-state index in [1.807, 2.05) is 24.3 Å². The Balaban J connectivity index is 1.90. The Morgan fingerprint density at radius 2 is 1.72 bits per heavy atom. The minimum Gasteiger partial charge on any atom is -0.372 e. The van der Waals surface area contributed by atoms with Crippen LogP contribution in [0.5, 0.6) is 0 Å². The summed E-state index contributed by atoms with van der Waals surface area (Å²) in [6, 6.07) is 6.81. The zero-order valence-corrected chi connectivity index (χ0v) is 14.2. The Labute approximate surface area is 145 Å². The van der Waals surface area contributed by atoms with Gasteiger partial charge in [0, 0.05) is 18.8 Å². The Morgan fingerprint density at radius 3 is 2.28 bits per heavy atom. The van der Waals surface area contributed by atoms with E-state index in [1.54, 1.807) is 12.2 Å². The van der Waals surface area contributed by atoms with E-state index in [2.05, 4.69) is 15.4 Å². The monoisotopic (exact) mass is 356 g/mol. The number of carbonyl (C=O) groups excluding carboxylic acids is 1. The van der Waals surface area contributed by atoms with Crippen molar-refractivity contribution in [3.8, 4) is 0 Å². The van der Waals surface area contributed by atoms with Crippen molar-refractivity contribution in [3.05, 3.63) is 29.8 Å². The van der Waals surface area contributed by atoms with Crippen LogP contribution in [0.4, 0.5) is 23.7 Å². The normalized spacial score (nSPS) is 16.3. The molecule has 0 saturated carbocycles. The summed E-state index contributed by atoms with van der Waals surface area (Å²) in [6.45, 7) is 2.39. The molecular formula is C17H23F3N4O. The second kappa shape index (κ2) is 8.73. The van der Waals surface area contributed by atoms with Gasteiger partial charge < -0.3 is 10.2 Å². The highest BCUT2D eigenvalue weighted by atomic mass is 19.4. The number of carbonyl (C=O) groups is 1. The second-order valence-corrected chi connectivity index (χ2v) is 6.06. The fraction of sp³-hybridized carbons (Fsp3) is 0.529. The molecular weight excluding hydrogens is 333 g/mol. The number of halogens is 3. The molecule has 0 spiro atoms. The predicted molar refractivity (Wildman–Crippen MR) is 91.9 cm³/mol. The minimum absolute atomic E-state index is 0.518. The van der Waals surface area contributed by atoms with Crippen LogP contribution in [0.2, 0.25) is 0 Å². The molecule has 25 heavy (non-hydrogen) atoms. The summed E-state index contributed by atoms with van der Waals surface area (Å²) >= 11 is 0. The third kappa shape index (κ3) is 6.64. The number of amides is 2. The number of anilines is 1. The minimum atomic E-state index is -4.45. The van der Waals surface area contributed by atoms with Gasteiger partial charge in [-0.15, -0.1) is 0 Å². The fourth-order valence-electron chi connectivity index (χ4n) is 2.66. The first-order valence-electron chi connectivity index (χ1n) is 8.35. The maximum absolute atomic E-state index is 12.0. The van der Waals surface area contributed by atoms with E-state index in [-0.39, 0.29) is 0 Å². The van der Waals surface area contributed by atoms with Gasteiger partial charge in [0.25, 0.3) is 0 Å². The average molecular weight is 356 g/mol. The SMILES string of the molecule is CC(=NNC(=O)NCC(F)(F)F)c1ccc(N2CCCCCC2)cc1. The lowest BCUT2D eigenvalue weighted by Crippen LogP contribution is -2.39. The molecule has 1 saturated heterocycles. The Kier molecular flexibility index (Phi) is 6.66. The van der Waals surface area contributed by atoms with Crippen LogP contribution in [0.3, 0.4) is 0 Å². The summed E-state index contributed by atoms with van der Waals surface area (Å²) in [5.41, 5.74) is 4.53. The second-order valence-electron chi connectivity index (χ2n) is 6.06. The van der Waals surface area contributed by atoms with Gasteiger partial charge in [-0.1, -0.05) is 25.0 Å². The lowest BCUT2D eigenvalue weighted by molar-refractivity contribution is -0.122. The third-order valence-electron chi connectivity index (χ3n) is 4.03. The van der Waals surface area contributed by atoms with Crippen LogP contribution in [-0.2, 0) is 0 Å². The van der Waals surface area contributed by atoms with Crippen LogP contribution in [-0.4, -0.2) is 37.6 Å². The van der Waals surface area contributed by atoms with Crippen molar-refractivity contribution >= 4 is 17.4 Å². The standard InChI is InChI=1S/C17H23F3N4O/c1-13(22-23-16(25)21-12-17(18,19)20)14-6-8-15(9-7-14)24-10-4-2-3-5-11-24/h6-9H,2-5,10-12H2,1H3,(H2,21,23,25). The molecule has 1 aromatic rings. The van der Waals surface area contributed by atoms with Gasteiger partial charge in [0.1, 0.15) is 6.54 Å². The Bertz CT molecular complexity index is 591. The summed E-state index contributed by atoms with van der Waals surface area (Å²) in [5.74, 6) is 0. The number of nitrogens with zero attached hydrogens (tertiary/aromatic N) is 2. The summed E-state index contributed by atoms with van der Waals surface area (Å²) in [5, 5.41) is 5.52. The van der Waals surface area contributed by atoms with E-state index in [1.165, 1.54) is 25.7 Å². The van der Waals surface area contributed by atoms with Crippen molar-refractivity contribution in [2.45, 2.75) is 38.8 Å². The molecule has 1 heterocycles. The van der Waals surface area contributed by atoms with E-state index in [0.29, 0.717) is 5.71 Å². The van der Waals surface area contributed by atoms with Crippen molar-refractivity contribution in [2.75, 3.05) is 24.5 Å². The van der Waals surface area contributed by atoms with Crippen molar-refractivity contribution in [2.24, 2.45) is 5.10 Å². The van der Waals surface area contributed by atoms with Gasteiger partial charge in [0.2, 0.25) is 0 Å². The first-order chi connectivity index (χ1) is 11.8. The first kappa shape index (κ1) is 19.1. The zero-order valence-electron chi connectivity index (χ0n) is 14.2. The molecule has 1 aromatic carbocycles. The van der Waals surface area contributed by atoms with Crippen molar-refractivity contribution < 1.29 is 18.0 Å². The summed E-state index contributed by atoms with van der Waals surface area (Å²) < 4.78 is 36.0. The molecule has 0 bridgehead atoms. The lowest BCUT2D eigenvalue weighted by atomic mass is 10.1. The van der Waals surface area contributed by atoms with Gasteiger partial charge >= 0.3 is 12.2 Å². The molecule has 0 radical (unpaired) electrons. The van der Waals surface area contributed by atoms with Gasteiger partial charge in [0.15, 0.2) is 0 Å². The van der Waals surface area contributed by atoms with Gasteiger partial charge in [0.05, 0.1) is 5.71 Å². The fourth-order valence-corrected chi connectivity index (χ4v) is 2.66. The highest BCUT2D eigenvalue weighted by Gasteiger charge is 2.27. The predicted octanol–water partition coefficient (Wildman–Crippen LogP) is 3.65. The number of hydrogen-bond acceptors (Lipinski definition) is 3. The Morgan fingerprint density at radius 1 is 1.12 bits per heavy atom. The molecule has 0 unspecified atom stereocenters. The van der Waals surface area contributed by atoms with E-state index in [9.17, 15) is 18.0 Å². The molecule has 8 heteroatoms. The van der Waals surface area contributed by atoms with E-state index in [0.717, 1.165) is 24.3 Å². The number of nitrogens with one attached hydrogen (secondary N) is 2. The summed E-state index contributed by atoms with van der Waals surface area (Å²) in [6.07, 6.45) is 0.475. The van der Waals surface area contributed by atoms with Crippen LogP contribution in [0, 0.1) is 0 Å². The molecule has 138 valence electrons. The maximum atomic E-state index is 12.0. The number of hydrazone groups is 1. The summed E-state index contributed by atoms with van der Waals surface area (Å²) in [4.78, 5) is 13.6. The molecule has 2 rings (SSSR count). The molecule has 0 aliphatic carbocycles. The molecule has 1 aliphatic heterocycles. The largest absolute Gasteiger partial charge is 0.405 e. The van der Waals surface area contributed by atoms with E-state index >= 15 is 0 Å². The maximum Gasteiger partial charge on any atom is 0.405 e. The van der Waals surface area contributed by atoms with Gasteiger partial charge in [-0.3, -0.25) is 0 Å². The Hall–Kier alpha value is -2.25. The molecule has 0 aromatic heterocycles. The third-order valence-corrected chi connectivity index (χ3v) is 4.03. The van der Waals surface area contributed by atoms with Crippen molar-refractivity contribution in [1.29, 1.82) is 0 Å². The van der Waals surface area contributed by atoms with Crippen LogP contribution >= 0.6 is 0 Å². The first-order valence-corrected chi connectivity index (χ1v) is 8.35. The molecule has 1 aliphatic rings. The molecule has 2 N–H and O–H groups in total. The lowest BCUT2D eigenvalue weighted by Gasteiger charge is -2.22. The van der Waals surface area contributed by atoms with E-state index in [4.69, 9.17) is 0 Å². The number of urea groups is 1. The van der Waals surface area contributed by atoms with Gasteiger partial charge in [-0.25, -0.2) is 10.2 Å². The molecule has 1 fully saturated rings. The number of hydrogen-bond donors (Lipinski definition) is 2.